The molecule has 0 saturated heterocycles. The highest BCUT2D eigenvalue weighted by Gasteiger charge is 2.55. The van der Waals surface area contributed by atoms with Gasteiger partial charge in [0.25, 0.3) is 0 Å². The lowest BCUT2D eigenvalue weighted by atomic mass is 9.79. The molecule has 2 aliphatic carbocycles. The maximum atomic E-state index is 13.6. The number of rotatable bonds is 8. The highest BCUT2D eigenvalue weighted by atomic mass is 16.5. The van der Waals surface area contributed by atoms with E-state index in [1.165, 1.54) is 11.1 Å². The summed E-state index contributed by atoms with van der Waals surface area (Å²) in [5, 5.41) is 0. The van der Waals surface area contributed by atoms with Crippen LogP contribution in [0.5, 0.6) is 11.5 Å². The first-order valence-electron chi connectivity index (χ1n) is 14.2. The Hall–Kier alpha value is -2.62. The fraction of sp³-hybridized carbons (Fsp3) is 0.576. The van der Waals surface area contributed by atoms with E-state index in [0.717, 1.165) is 30.4 Å². The van der Waals surface area contributed by atoms with Crippen LogP contribution in [0.2, 0.25) is 0 Å². The minimum Gasteiger partial charge on any atom is -0.426 e. The molecule has 4 nitrogen and oxygen atoms in total. The molecule has 4 rings (SSSR count). The van der Waals surface area contributed by atoms with Crippen molar-refractivity contribution in [3.63, 3.8) is 0 Å². The van der Waals surface area contributed by atoms with Crippen molar-refractivity contribution >= 4 is 11.9 Å². The Balaban J connectivity index is 1.57. The average Bonchev–Trinajstić information content (AvgIpc) is 3.46. The van der Waals surface area contributed by atoms with Gasteiger partial charge in [0, 0.05) is 0 Å². The molecule has 2 aromatic carbocycles. The van der Waals surface area contributed by atoms with E-state index in [1.54, 1.807) is 0 Å². The van der Waals surface area contributed by atoms with E-state index in [4.69, 9.17) is 9.47 Å². The van der Waals surface area contributed by atoms with E-state index >= 15 is 0 Å². The Morgan fingerprint density at radius 2 is 1.00 bits per heavy atom. The minimum atomic E-state index is -0.450. The van der Waals surface area contributed by atoms with Gasteiger partial charge in [-0.1, -0.05) is 79.7 Å². The zero-order chi connectivity index (χ0) is 27.0. The van der Waals surface area contributed by atoms with Crippen LogP contribution in [0.25, 0.3) is 0 Å². The molecule has 2 aliphatic rings. The van der Waals surface area contributed by atoms with Gasteiger partial charge in [0.15, 0.2) is 0 Å². The van der Waals surface area contributed by atoms with Crippen LogP contribution >= 0.6 is 0 Å². The molecule has 4 atom stereocenters. The van der Waals surface area contributed by atoms with Crippen LogP contribution in [0.1, 0.15) is 121 Å². The summed E-state index contributed by atoms with van der Waals surface area (Å²) < 4.78 is 12.1. The summed E-state index contributed by atoms with van der Waals surface area (Å²) >= 11 is 0. The lowest BCUT2D eigenvalue weighted by Gasteiger charge is -2.28. The summed E-state index contributed by atoms with van der Waals surface area (Å²) in [5.41, 5.74) is 4.53. The molecule has 37 heavy (non-hydrogen) atoms. The van der Waals surface area contributed by atoms with Crippen LogP contribution < -0.4 is 9.47 Å². The van der Waals surface area contributed by atoms with Crippen molar-refractivity contribution in [3.8, 4) is 11.5 Å². The number of esters is 2. The van der Waals surface area contributed by atoms with Crippen LogP contribution in [0.3, 0.4) is 0 Å². The van der Waals surface area contributed by atoms with Gasteiger partial charge < -0.3 is 9.47 Å². The molecule has 2 bridgehead atoms. The topological polar surface area (TPSA) is 52.6 Å². The van der Waals surface area contributed by atoms with Gasteiger partial charge in [-0.2, -0.15) is 0 Å². The Kier molecular flexibility index (Phi) is 8.16. The quantitative estimate of drug-likeness (QED) is 0.268. The predicted octanol–water partition coefficient (Wildman–Crippen LogP) is 8.35. The molecule has 2 saturated carbocycles. The van der Waals surface area contributed by atoms with E-state index in [2.05, 4.69) is 67.5 Å². The monoisotopic (exact) mass is 504 g/mol. The van der Waals surface area contributed by atoms with Gasteiger partial charge in [-0.3, -0.25) is 9.59 Å². The predicted molar refractivity (Wildman–Crippen MR) is 148 cm³/mol. The first-order chi connectivity index (χ1) is 17.5. The van der Waals surface area contributed by atoms with Gasteiger partial charge in [0.2, 0.25) is 0 Å². The third kappa shape index (κ3) is 5.63. The summed E-state index contributed by atoms with van der Waals surface area (Å²) in [7, 11) is 0. The van der Waals surface area contributed by atoms with Gasteiger partial charge in [0.05, 0.1) is 11.8 Å². The first-order valence-corrected chi connectivity index (χ1v) is 14.2. The normalized spacial score (nSPS) is 22.9. The number of hydrogen-bond donors (Lipinski definition) is 0. The van der Waals surface area contributed by atoms with Crippen LogP contribution in [0, 0.1) is 23.7 Å². The Morgan fingerprint density at radius 3 is 1.32 bits per heavy atom. The number of ether oxygens (including phenoxy) is 2. The van der Waals surface area contributed by atoms with Crippen molar-refractivity contribution in [2.45, 2.75) is 98.3 Å². The molecule has 200 valence electrons. The zero-order valence-electron chi connectivity index (χ0n) is 23.8. The Morgan fingerprint density at radius 1 is 0.622 bits per heavy atom. The molecule has 2 aromatic rings. The minimum absolute atomic E-state index is 0.181. The largest absolute Gasteiger partial charge is 0.426 e. The lowest BCUT2D eigenvalue weighted by Crippen LogP contribution is -2.39. The highest BCUT2D eigenvalue weighted by molar-refractivity contribution is 5.86. The summed E-state index contributed by atoms with van der Waals surface area (Å²) in [5.74, 6) is 1.38. The number of carbonyl (C=O) groups excluding carboxylic acids is 2. The summed E-state index contributed by atoms with van der Waals surface area (Å²) in [4.78, 5) is 27.3. The van der Waals surface area contributed by atoms with E-state index in [9.17, 15) is 9.59 Å². The first kappa shape index (κ1) is 27.4. The van der Waals surface area contributed by atoms with E-state index in [1.807, 2.05) is 24.3 Å². The van der Waals surface area contributed by atoms with Crippen molar-refractivity contribution in [3.05, 3.63) is 58.7 Å². The SMILES string of the molecule is CC(C)c1ccc(OC(=O)C2C3CCC(C3)C2C(=O)Oc2ccc(C(C)C)cc2C(C)C)c(C(C)C)c1. The Bertz CT molecular complexity index is 1050. The third-order valence-corrected chi connectivity index (χ3v) is 8.53. The maximum Gasteiger partial charge on any atom is 0.315 e. The molecule has 2 fully saturated rings. The smallest absolute Gasteiger partial charge is 0.315 e. The molecule has 4 heteroatoms. The molecule has 0 aliphatic heterocycles. The average molecular weight is 505 g/mol. The molecule has 0 amide bonds. The van der Waals surface area contributed by atoms with E-state index in [-0.39, 0.29) is 35.6 Å². The van der Waals surface area contributed by atoms with Crippen molar-refractivity contribution in [1.82, 2.24) is 0 Å². The third-order valence-electron chi connectivity index (χ3n) is 8.53. The second-order valence-electron chi connectivity index (χ2n) is 12.4. The number of fused-ring (bicyclic) bond motifs is 2. The van der Waals surface area contributed by atoms with Crippen LogP contribution in [-0.4, -0.2) is 11.9 Å². The van der Waals surface area contributed by atoms with Gasteiger partial charge >= 0.3 is 11.9 Å². The van der Waals surface area contributed by atoms with Crippen LogP contribution in [0.15, 0.2) is 36.4 Å². The molecule has 0 N–H and O–H groups in total. The van der Waals surface area contributed by atoms with Crippen LogP contribution in [0.4, 0.5) is 0 Å². The summed E-state index contributed by atoms with van der Waals surface area (Å²) in [6.45, 7) is 17.1. The van der Waals surface area contributed by atoms with E-state index < -0.39 is 11.8 Å². The van der Waals surface area contributed by atoms with Gasteiger partial charge in [-0.15, -0.1) is 0 Å². The fourth-order valence-electron chi connectivity index (χ4n) is 6.26. The number of benzene rings is 2. The standard InChI is InChI=1S/C33H44O4/c1-18(2)22-11-13-28(26(16-22)20(5)6)36-32(34)30-24-9-10-25(15-24)31(30)33(35)37-29-14-12-23(19(3)4)17-27(29)21(7)8/h11-14,16-21,24-25,30-31H,9-10,15H2,1-8H3. The number of hydrogen-bond acceptors (Lipinski definition) is 4. The van der Waals surface area contributed by atoms with Gasteiger partial charge in [0.1, 0.15) is 11.5 Å². The van der Waals surface area contributed by atoms with Crippen molar-refractivity contribution in [1.29, 1.82) is 0 Å². The number of carbonyl (C=O) groups is 2. The van der Waals surface area contributed by atoms with Crippen molar-refractivity contribution in [2.24, 2.45) is 23.7 Å². The van der Waals surface area contributed by atoms with Crippen LogP contribution in [-0.2, 0) is 9.59 Å². The fourth-order valence-corrected chi connectivity index (χ4v) is 6.26. The molecule has 0 heterocycles. The Labute approximate surface area is 223 Å². The molecule has 0 spiro atoms. The maximum absolute atomic E-state index is 13.6. The zero-order valence-corrected chi connectivity index (χ0v) is 23.8. The summed E-state index contributed by atoms with van der Waals surface area (Å²) in [6, 6.07) is 12.2. The molecule has 4 unspecified atom stereocenters. The summed E-state index contributed by atoms with van der Waals surface area (Å²) in [6.07, 6.45) is 2.84. The second-order valence-corrected chi connectivity index (χ2v) is 12.4. The highest BCUT2D eigenvalue weighted by Crippen LogP contribution is 2.53. The van der Waals surface area contributed by atoms with E-state index in [0.29, 0.717) is 23.3 Å². The van der Waals surface area contributed by atoms with Crippen molar-refractivity contribution < 1.29 is 19.1 Å². The second kappa shape index (κ2) is 11.0. The molecule has 0 aromatic heterocycles. The van der Waals surface area contributed by atoms with Gasteiger partial charge in [-0.25, -0.2) is 0 Å². The molecule has 0 radical (unpaired) electrons. The molecular formula is C33H44O4. The molecular weight excluding hydrogens is 460 g/mol. The van der Waals surface area contributed by atoms with Gasteiger partial charge in [-0.05, 0) is 89.2 Å². The lowest BCUT2D eigenvalue weighted by molar-refractivity contribution is -0.153. The van der Waals surface area contributed by atoms with Crippen molar-refractivity contribution in [2.75, 3.05) is 0 Å².